The Bertz CT molecular complexity index is 1720. The van der Waals surface area contributed by atoms with Gasteiger partial charge >= 0.3 is 5.97 Å². The normalized spacial score (nSPS) is 12.3. The van der Waals surface area contributed by atoms with Crippen molar-refractivity contribution in [2.75, 3.05) is 0 Å². The van der Waals surface area contributed by atoms with Crippen molar-refractivity contribution in [3.63, 3.8) is 0 Å². The molecule has 3 heterocycles. The van der Waals surface area contributed by atoms with Crippen molar-refractivity contribution in [1.82, 2.24) is 14.0 Å². The molecule has 3 aromatic heterocycles. The molecular weight excluding hydrogens is 434 g/mol. The summed E-state index contributed by atoms with van der Waals surface area (Å²) in [5.74, 6) is -0.941. The molecule has 7 heteroatoms. The van der Waals surface area contributed by atoms with Crippen LogP contribution >= 0.6 is 11.3 Å². The van der Waals surface area contributed by atoms with Crippen LogP contribution in [0.25, 0.3) is 27.8 Å². The van der Waals surface area contributed by atoms with E-state index in [1.165, 1.54) is 11.3 Å². The van der Waals surface area contributed by atoms with E-state index in [0.717, 1.165) is 50.4 Å². The molecule has 0 aliphatic rings. The van der Waals surface area contributed by atoms with Crippen molar-refractivity contribution >= 4 is 39.4 Å². The topological polar surface area (TPSA) is 76.6 Å². The lowest BCUT2D eigenvalue weighted by atomic mass is 10.1. The maximum atomic E-state index is 13.3. The number of thiazole rings is 1. The lowest BCUT2D eigenvalue weighted by molar-refractivity contribution is 0.0697. The number of aromatic nitrogens is 3. The smallest absolute Gasteiger partial charge is 0.335 e. The Morgan fingerprint density at radius 3 is 2.42 bits per heavy atom. The minimum absolute atomic E-state index is 0.0625. The van der Waals surface area contributed by atoms with Crippen LogP contribution in [0.3, 0.4) is 0 Å². The predicted molar refractivity (Wildman–Crippen MR) is 132 cm³/mol. The van der Waals surface area contributed by atoms with Gasteiger partial charge in [-0.1, -0.05) is 11.3 Å². The van der Waals surface area contributed by atoms with Crippen molar-refractivity contribution in [3.05, 3.63) is 90.5 Å². The lowest BCUT2D eigenvalue weighted by Gasteiger charge is -2.13. The molecular formula is C26H23N3O3S. The lowest BCUT2D eigenvalue weighted by Crippen LogP contribution is -2.22. The van der Waals surface area contributed by atoms with Gasteiger partial charge in [0.05, 0.1) is 21.1 Å². The average molecular weight is 458 g/mol. The first-order valence-corrected chi connectivity index (χ1v) is 11.4. The number of carboxylic acid groups (broad SMARTS) is 1. The van der Waals surface area contributed by atoms with Crippen LogP contribution in [0.15, 0.2) is 41.2 Å². The van der Waals surface area contributed by atoms with E-state index in [2.05, 4.69) is 9.55 Å². The van der Waals surface area contributed by atoms with Crippen LogP contribution < -0.4 is 10.1 Å². The van der Waals surface area contributed by atoms with Gasteiger partial charge in [-0.05, 0) is 99.3 Å². The maximum Gasteiger partial charge on any atom is 0.335 e. The van der Waals surface area contributed by atoms with Gasteiger partial charge in [0, 0.05) is 17.1 Å². The standard InChI is InChI=1S/C26H23N3O3S/c1-13-9-20-22(10-14(13)2)29-24(30)23(33-26(29)27-20)12-19-11-16(4)28(17(19)5)21-7-6-18(25(31)32)8-15(21)3/h6-12H,1-5H3,(H,31,32)/b23-12-. The molecule has 0 amide bonds. The summed E-state index contributed by atoms with van der Waals surface area (Å²) in [5.41, 5.74) is 8.92. The molecule has 6 nitrogen and oxygen atoms in total. The van der Waals surface area contributed by atoms with Crippen LogP contribution in [-0.2, 0) is 0 Å². The molecule has 33 heavy (non-hydrogen) atoms. The fraction of sp³-hybridized carbons (Fsp3) is 0.192. The first kappa shape index (κ1) is 21.2. The van der Waals surface area contributed by atoms with E-state index in [4.69, 9.17) is 0 Å². The number of aryl methyl sites for hydroxylation is 4. The van der Waals surface area contributed by atoms with E-state index >= 15 is 0 Å². The molecule has 0 radical (unpaired) electrons. The molecule has 0 fully saturated rings. The molecule has 1 N–H and O–H groups in total. The fourth-order valence-electron chi connectivity index (χ4n) is 4.40. The highest BCUT2D eigenvalue weighted by molar-refractivity contribution is 7.15. The molecule has 0 saturated carbocycles. The van der Waals surface area contributed by atoms with Gasteiger partial charge in [0.1, 0.15) is 0 Å². The number of imidazole rings is 1. The summed E-state index contributed by atoms with van der Waals surface area (Å²) in [5, 5.41) is 9.26. The van der Waals surface area contributed by atoms with Crippen molar-refractivity contribution in [2.45, 2.75) is 34.6 Å². The minimum atomic E-state index is -0.941. The Kier molecular flexibility index (Phi) is 4.76. The second kappa shape index (κ2) is 7.42. The number of fused-ring (bicyclic) bond motifs is 3. The summed E-state index contributed by atoms with van der Waals surface area (Å²) in [7, 11) is 0. The van der Waals surface area contributed by atoms with E-state index < -0.39 is 5.97 Å². The first-order chi connectivity index (χ1) is 15.7. The fourth-order valence-corrected chi connectivity index (χ4v) is 5.38. The Balaban J connectivity index is 1.67. The molecule has 166 valence electrons. The molecule has 0 spiro atoms. The molecule has 0 bridgehead atoms. The third kappa shape index (κ3) is 3.27. The van der Waals surface area contributed by atoms with Crippen molar-refractivity contribution in [3.8, 4) is 5.69 Å². The highest BCUT2D eigenvalue weighted by Crippen LogP contribution is 2.25. The van der Waals surface area contributed by atoms with Gasteiger partial charge in [-0.25, -0.2) is 14.2 Å². The number of hydrogen-bond donors (Lipinski definition) is 1. The summed E-state index contributed by atoms with van der Waals surface area (Å²) in [6.45, 7) is 10.0. The average Bonchev–Trinajstić information content (AvgIpc) is 3.34. The van der Waals surface area contributed by atoms with E-state index in [-0.39, 0.29) is 11.1 Å². The largest absolute Gasteiger partial charge is 0.478 e. The van der Waals surface area contributed by atoms with Crippen LogP contribution in [-0.4, -0.2) is 25.0 Å². The van der Waals surface area contributed by atoms with Gasteiger partial charge < -0.3 is 9.67 Å². The third-order valence-electron chi connectivity index (χ3n) is 6.30. The molecule has 0 unspecified atom stereocenters. The van der Waals surface area contributed by atoms with E-state index in [1.54, 1.807) is 16.5 Å². The molecule has 2 aromatic carbocycles. The highest BCUT2D eigenvalue weighted by Gasteiger charge is 2.15. The molecule has 0 aliphatic carbocycles. The summed E-state index contributed by atoms with van der Waals surface area (Å²) in [6.07, 6.45) is 1.92. The summed E-state index contributed by atoms with van der Waals surface area (Å²) < 4.78 is 4.43. The number of hydrogen-bond acceptors (Lipinski definition) is 4. The number of aromatic carboxylic acids is 1. The second-order valence-corrected chi connectivity index (χ2v) is 9.55. The van der Waals surface area contributed by atoms with Gasteiger partial charge in [0.25, 0.3) is 5.56 Å². The number of nitrogens with zero attached hydrogens (tertiary/aromatic N) is 3. The zero-order valence-corrected chi connectivity index (χ0v) is 19.9. The predicted octanol–water partition coefficient (Wildman–Crippen LogP) is 4.49. The first-order valence-electron chi connectivity index (χ1n) is 10.6. The van der Waals surface area contributed by atoms with E-state index in [9.17, 15) is 14.7 Å². The van der Waals surface area contributed by atoms with Gasteiger partial charge in [0.2, 0.25) is 0 Å². The Hall–Kier alpha value is -3.71. The van der Waals surface area contributed by atoms with Crippen molar-refractivity contribution < 1.29 is 9.90 Å². The van der Waals surface area contributed by atoms with Crippen LogP contribution in [0.4, 0.5) is 0 Å². The number of rotatable bonds is 3. The highest BCUT2D eigenvalue weighted by atomic mass is 32.1. The monoisotopic (exact) mass is 457 g/mol. The van der Waals surface area contributed by atoms with Gasteiger partial charge in [-0.2, -0.15) is 0 Å². The zero-order chi connectivity index (χ0) is 23.6. The minimum Gasteiger partial charge on any atom is -0.478 e. The van der Waals surface area contributed by atoms with Crippen molar-refractivity contribution in [1.29, 1.82) is 0 Å². The Morgan fingerprint density at radius 1 is 1.00 bits per heavy atom. The van der Waals surface area contributed by atoms with Crippen molar-refractivity contribution in [2.24, 2.45) is 0 Å². The number of benzene rings is 2. The summed E-state index contributed by atoms with van der Waals surface area (Å²) >= 11 is 1.39. The summed E-state index contributed by atoms with van der Waals surface area (Å²) in [6, 6.07) is 11.2. The van der Waals surface area contributed by atoms with Gasteiger partial charge in [0.15, 0.2) is 4.96 Å². The van der Waals surface area contributed by atoms with Gasteiger partial charge in [-0.3, -0.25) is 4.79 Å². The van der Waals surface area contributed by atoms with E-state index in [0.29, 0.717) is 9.49 Å². The van der Waals surface area contributed by atoms with E-state index in [1.807, 2.05) is 65.0 Å². The molecule has 0 saturated heterocycles. The van der Waals surface area contributed by atoms with Crippen LogP contribution in [0.5, 0.6) is 0 Å². The quantitative estimate of drug-likeness (QED) is 0.433. The van der Waals surface area contributed by atoms with Gasteiger partial charge in [-0.15, -0.1) is 0 Å². The third-order valence-corrected chi connectivity index (χ3v) is 7.26. The zero-order valence-electron chi connectivity index (χ0n) is 19.1. The van der Waals surface area contributed by atoms with Crippen LogP contribution in [0.2, 0.25) is 0 Å². The second-order valence-electron chi connectivity index (χ2n) is 8.54. The SMILES string of the molecule is Cc1cc2nc3s/c(=C\c4cc(C)n(-c5ccc(C(=O)O)cc5C)c4C)c(=O)n3c2cc1C. The molecule has 0 aliphatic heterocycles. The van der Waals surface area contributed by atoms with Crippen LogP contribution in [0.1, 0.15) is 44.0 Å². The number of carboxylic acids is 1. The summed E-state index contributed by atoms with van der Waals surface area (Å²) in [4.78, 5) is 29.9. The molecule has 5 rings (SSSR count). The number of carbonyl (C=O) groups is 1. The Labute approximate surface area is 194 Å². The van der Waals surface area contributed by atoms with Crippen LogP contribution in [0, 0.1) is 34.6 Å². The molecule has 5 aromatic rings. The molecule has 0 atom stereocenters. The Morgan fingerprint density at radius 2 is 1.73 bits per heavy atom. The maximum absolute atomic E-state index is 13.3.